The number of hydrogen-bond acceptors (Lipinski definition) is 5. The fourth-order valence-corrected chi connectivity index (χ4v) is 4.61. The van der Waals surface area contributed by atoms with Gasteiger partial charge in [0.2, 0.25) is 5.91 Å². The van der Waals surface area contributed by atoms with Gasteiger partial charge in [0.1, 0.15) is 12.4 Å². The number of benzene rings is 1. The van der Waals surface area contributed by atoms with E-state index in [9.17, 15) is 4.79 Å². The molecule has 0 unspecified atom stereocenters. The molecule has 3 aliphatic heterocycles. The topological polar surface area (TPSA) is 54.0 Å². The van der Waals surface area contributed by atoms with E-state index in [0.29, 0.717) is 6.54 Å². The Morgan fingerprint density at radius 1 is 1.21 bits per heavy atom. The lowest BCUT2D eigenvalue weighted by Gasteiger charge is -2.44. The highest BCUT2D eigenvalue weighted by Gasteiger charge is 2.38. The van der Waals surface area contributed by atoms with Crippen molar-refractivity contribution in [2.45, 2.75) is 50.7 Å². The van der Waals surface area contributed by atoms with Crippen molar-refractivity contribution in [3.63, 3.8) is 0 Å². The standard InChI is InChI=1S/C22H33N3O3/c1-18-4-2-11-24(18)12-3-15-27-20-7-5-19(6-8-20)25-13-9-22(10-14-25)17-23-21(26)16-28-22/h5-8,18H,2-4,9-17H2,1H3,(H,23,26)/t18-/m0/s1. The summed E-state index contributed by atoms with van der Waals surface area (Å²) in [7, 11) is 0. The number of ether oxygens (including phenoxy) is 2. The minimum atomic E-state index is -0.166. The van der Waals surface area contributed by atoms with Crippen LogP contribution >= 0.6 is 0 Å². The normalized spacial score (nSPS) is 25.1. The average Bonchev–Trinajstić information content (AvgIpc) is 3.14. The minimum absolute atomic E-state index is 0.00131. The summed E-state index contributed by atoms with van der Waals surface area (Å²) in [6, 6.07) is 9.20. The van der Waals surface area contributed by atoms with Crippen molar-refractivity contribution in [3.05, 3.63) is 24.3 Å². The second-order valence-corrected chi connectivity index (χ2v) is 8.46. The molecule has 0 radical (unpaired) electrons. The SMILES string of the molecule is C[C@H]1CCCN1CCCOc1ccc(N2CCC3(CC2)CNC(=O)CO3)cc1. The zero-order valence-electron chi connectivity index (χ0n) is 17.0. The number of hydrogen-bond donors (Lipinski definition) is 1. The van der Waals surface area contributed by atoms with Crippen LogP contribution in [0.3, 0.4) is 0 Å². The van der Waals surface area contributed by atoms with E-state index in [1.165, 1.54) is 25.1 Å². The molecule has 6 nitrogen and oxygen atoms in total. The molecule has 1 atom stereocenters. The van der Waals surface area contributed by atoms with Gasteiger partial charge >= 0.3 is 0 Å². The molecule has 1 aromatic rings. The number of piperidine rings is 1. The van der Waals surface area contributed by atoms with Crippen molar-refractivity contribution < 1.29 is 14.3 Å². The first-order chi connectivity index (χ1) is 13.6. The quantitative estimate of drug-likeness (QED) is 0.760. The maximum atomic E-state index is 11.3. The summed E-state index contributed by atoms with van der Waals surface area (Å²) in [4.78, 5) is 16.3. The molecule has 3 fully saturated rings. The first kappa shape index (κ1) is 19.5. The lowest BCUT2D eigenvalue weighted by molar-refractivity contribution is -0.146. The van der Waals surface area contributed by atoms with Gasteiger partial charge in [-0.3, -0.25) is 4.79 Å². The number of carbonyl (C=O) groups excluding carboxylic acids is 1. The Morgan fingerprint density at radius 3 is 2.64 bits per heavy atom. The third kappa shape index (κ3) is 4.61. The Morgan fingerprint density at radius 2 is 2.00 bits per heavy atom. The molecule has 3 heterocycles. The molecule has 0 aromatic heterocycles. The molecule has 3 aliphatic rings. The summed E-state index contributed by atoms with van der Waals surface area (Å²) in [6.07, 6.45) is 5.64. The molecule has 1 amide bonds. The Bertz CT molecular complexity index is 643. The Labute approximate surface area is 168 Å². The van der Waals surface area contributed by atoms with E-state index in [4.69, 9.17) is 9.47 Å². The van der Waals surface area contributed by atoms with Crippen LogP contribution in [0.25, 0.3) is 0 Å². The Balaban J connectivity index is 1.20. The number of carbonyl (C=O) groups is 1. The number of nitrogens with one attached hydrogen (secondary N) is 1. The summed E-state index contributed by atoms with van der Waals surface area (Å²) >= 11 is 0. The Hall–Kier alpha value is -1.79. The van der Waals surface area contributed by atoms with Crippen LogP contribution in [0.15, 0.2) is 24.3 Å². The number of morpholine rings is 1. The predicted octanol–water partition coefficient (Wildman–Crippen LogP) is 2.43. The third-order valence-electron chi connectivity index (χ3n) is 6.54. The van der Waals surface area contributed by atoms with E-state index in [-0.39, 0.29) is 18.1 Å². The van der Waals surface area contributed by atoms with Crippen molar-refractivity contribution in [1.82, 2.24) is 10.2 Å². The van der Waals surface area contributed by atoms with Crippen LogP contribution < -0.4 is 15.0 Å². The van der Waals surface area contributed by atoms with E-state index in [0.717, 1.165) is 57.3 Å². The zero-order chi connectivity index (χ0) is 19.4. The van der Waals surface area contributed by atoms with E-state index in [2.05, 4.69) is 46.3 Å². The van der Waals surface area contributed by atoms with Crippen LogP contribution in [0.1, 0.15) is 39.0 Å². The largest absolute Gasteiger partial charge is 0.494 e. The first-order valence-electron chi connectivity index (χ1n) is 10.8. The van der Waals surface area contributed by atoms with Gasteiger partial charge in [0.05, 0.1) is 12.2 Å². The van der Waals surface area contributed by atoms with Gasteiger partial charge in [-0.05, 0) is 69.8 Å². The van der Waals surface area contributed by atoms with Crippen molar-refractivity contribution in [2.24, 2.45) is 0 Å². The smallest absolute Gasteiger partial charge is 0.246 e. The molecule has 0 aliphatic carbocycles. The van der Waals surface area contributed by atoms with Crippen LogP contribution in [0.2, 0.25) is 0 Å². The monoisotopic (exact) mass is 387 g/mol. The molecule has 3 saturated heterocycles. The molecule has 154 valence electrons. The molecule has 1 aromatic carbocycles. The van der Waals surface area contributed by atoms with Crippen LogP contribution in [0, 0.1) is 0 Å². The second-order valence-electron chi connectivity index (χ2n) is 8.46. The fourth-order valence-electron chi connectivity index (χ4n) is 4.61. The van der Waals surface area contributed by atoms with Crippen LogP contribution in [0.4, 0.5) is 5.69 Å². The van der Waals surface area contributed by atoms with Gasteiger partial charge in [0.25, 0.3) is 0 Å². The summed E-state index contributed by atoms with van der Waals surface area (Å²) in [6.45, 7) is 8.21. The van der Waals surface area contributed by atoms with Gasteiger partial charge in [-0.1, -0.05) is 0 Å². The van der Waals surface area contributed by atoms with E-state index >= 15 is 0 Å². The van der Waals surface area contributed by atoms with Gasteiger partial charge in [0, 0.05) is 37.9 Å². The molecule has 4 rings (SSSR count). The van der Waals surface area contributed by atoms with Crippen LogP contribution in [-0.4, -0.2) is 68.4 Å². The average molecular weight is 388 g/mol. The first-order valence-corrected chi connectivity index (χ1v) is 10.8. The van der Waals surface area contributed by atoms with Crippen LogP contribution in [0.5, 0.6) is 5.75 Å². The number of amides is 1. The number of rotatable bonds is 6. The fraction of sp³-hybridized carbons (Fsp3) is 0.682. The molecule has 28 heavy (non-hydrogen) atoms. The maximum absolute atomic E-state index is 11.3. The van der Waals surface area contributed by atoms with E-state index in [1.54, 1.807) is 0 Å². The Kier molecular flexibility index (Phi) is 6.07. The summed E-state index contributed by atoms with van der Waals surface area (Å²) in [5.41, 5.74) is 1.06. The van der Waals surface area contributed by atoms with E-state index < -0.39 is 0 Å². The summed E-state index contributed by atoms with van der Waals surface area (Å²) in [5, 5.41) is 2.95. The summed E-state index contributed by atoms with van der Waals surface area (Å²) < 4.78 is 11.8. The van der Waals surface area contributed by atoms with Crippen molar-refractivity contribution >= 4 is 11.6 Å². The summed E-state index contributed by atoms with van der Waals surface area (Å²) in [5.74, 6) is 0.948. The van der Waals surface area contributed by atoms with Crippen molar-refractivity contribution in [1.29, 1.82) is 0 Å². The zero-order valence-corrected chi connectivity index (χ0v) is 17.0. The number of nitrogens with zero attached hydrogens (tertiary/aromatic N) is 2. The lowest BCUT2D eigenvalue weighted by Crippen LogP contribution is -2.57. The minimum Gasteiger partial charge on any atom is -0.494 e. The van der Waals surface area contributed by atoms with Gasteiger partial charge in [0.15, 0.2) is 0 Å². The molecule has 0 saturated carbocycles. The lowest BCUT2D eigenvalue weighted by atomic mass is 9.89. The molecule has 6 heteroatoms. The molecule has 1 N–H and O–H groups in total. The molecular weight excluding hydrogens is 354 g/mol. The van der Waals surface area contributed by atoms with Gasteiger partial charge in [-0.25, -0.2) is 0 Å². The molecular formula is C22H33N3O3. The maximum Gasteiger partial charge on any atom is 0.246 e. The number of likely N-dealkylation sites (tertiary alicyclic amines) is 1. The molecule has 1 spiro atoms. The predicted molar refractivity (Wildman–Crippen MR) is 110 cm³/mol. The van der Waals surface area contributed by atoms with Crippen LogP contribution in [-0.2, 0) is 9.53 Å². The van der Waals surface area contributed by atoms with Crippen molar-refractivity contribution in [3.8, 4) is 5.75 Å². The highest BCUT2D eigenvalue weighted by atomic mass is 16.5. The third-order valence-corrected chi connectivity index (χ3v) is 6.54. The highest BCUT2D eigenvalue weighted by molar-refractivity contribution is 5.78. The van der Waals surface area contributed by atoms with E-state index in [1.807, 2.05) is 0 Å². The van der Waals surface area contributed by atoms with Crippen molar-refractivity contribution in [2.75, 3.05) is 50.8 Å². The van der Waals surface area contributed by atoms with Gasteiger partial charge < -0.3 is 24.6 Å². The van der Waals surface area contributed by atoms with Gasteiger partial charge in [-0.15, -0.1) is 0 Å². The highest BCUT2D eigenvalue weighted by Crippen LogP contribution is 2.31. The molecule has 0 bridgehead atoms. The second kappa shape index (κ2) is 8.70. The number of anilines is 1. The van der Waals surface area contributed by atoms with Gasteiger partial charge in [-0.2, -0.15) is 0 Å².